The second kappa shape index (κ2) is 4.17. The average molecular weight is 199 g/mol. The molecule has 0 radical (unpaired) electrons. The van der Waals surface area contributed by atoms with E-state index in [1.807, 2.05) is 0 Å². The zero-order valence-electron chi connectivity index (χ0n) is 6.45. The molecule has 0 heterocycles. The third kappa shape index (κ3) is 2.65. The van der Waals surface area contributed by atoms with Crippen molar-refractivity contribution in [3.63, 3.8) is 0 Å². The van der Waals surface area contributed by atoms with Crippen LogP contribution >= 0.6 is 0 Å². The van der Waals surface area contributed by atoms with Crippen molar-refractivity contribution in [3.05, 3.63) is 24.3 Å². The summed E-state index contributed by atoms with van der Waals surface area (Å²) in [6, 6.07) is 5.88. The number of rotatable bonds is 2. The second-order valence-corrected chi connectivity index (χ2v) is 2.86. The van der Waals surface area contributed by atoms with Crippen LogP contribution in [0.25, 0.3) is 0 Å². The van der Waals surface area contributed by atoms with Gasteiger partial charge in [-0.1, -0.05) is 18.2 Å². The van der Waals surface area contributed by atoms with Crippen LogP contribution in [0.2, 0.25) is 0 Å². The van der Waals surface area contributed by atoms with E-state index in [9.17, 15) is 8.42 Å². The topological polar surface area (TPSA) is 87.0 Å². The molecule has 2 N–H and O–H groups in total. The van der Waals surface area contributed by atoms with Crippen molar-refractivity contribution < 1.29 is 18.5 Å². The van der Waals surface area contributed by atoms with Crippen LogP contribution in [0.1, 0.15) is 0 Å². The first-order valence-corrected chi connectivity index (χ1v) is 4.40. The van der Waals surface area contributed by atoms with Gasteiger partial charge < -0.3 is 10.0 Å². The number of hydrogen-bond acceptors (Lipinski definition) is 5. The number of nitrogens with zero attached hydrogens (tertiary/aromatic N) is 1. The summed E-state index contributed by atoms with van der Waals surface area (Å²) in [6.07, 6.45) is 0. The summed E-state index contributed by atoms with van der Waals surface area (Å²) >= 11 is 0. The lowest BCUT2D eigenvalue weighted by Crippen LogP contribution is -2.29. The average Bonchev–Trinajstić information content (AvgIpc) is 2.03. The normalized spacial score (nSPS) is 9.38. The highest BCUT2D eigenvalue weighted by molar-refractivity contribution is 7.61. The fourth-order valence-corrected chi connectivity index (χ4v) is 1.20. The third-order valence-electron chi connectivity index (χ3n) is 1.39. The van der Waals surface area contributed by atoms with E-state index in [2.05, 4.69) is 4.36 Å². The van der Waals surface area contributed by atoms with E-state index in [4.69, 9.17) is 10.0 Å². The summed E-state index contributed by atoms with van der Waals surface area (Å²) in [4.78, 5) is 0. The maximum atomic E-state index is 10.2. The van der Waals surface area contributed by atoms with Gasteiger partial charge >= 0.3 is 17.6 Å². The fourth-order valence-electron chi connectivity index (χ4n) is 0.869. The smallest absolute Gasteiger partial charge is 0.423 e. The molecule has 0 unspecified atom stereocenters. The van der Waals surface area contributed by atoms with Crippen molar-refractivity contribution in [1.82, 2.24) is 0 Å². The van der Waals surface area contributed by atoms with Gasteiger partial charge in [0.25, 0.3) is 0 Å². The minimum absolute atomic E-state index is 0.0332. The minimum Gasteiger partial charge on any atom is -0.423 e. The Kier molecular flexibility index (Phi) is 3.18. The Morgan fingerprint density at radius 3 is 2.38 bits per heavy atom. The summed E-state index contributed by atoms with van der Waals surface area (Å²) in [5.41, 5.74) is 0.0949. The Morgan fingerprint density at radius 2 is 1.85 bits per heavy atom. The molecular weight excluding hydrogens is 193 g/mol. The van der Waals surface area contributed by atoms with E-state index >= 15 is 0 Å². The zero-order chi connectivity index (χ0) is 9.84. The van der Waals surface area contributed by atoms with Gasteiger partial charge in [-0.05, 0) is 6.07 Å². The summed E-state index contributed by atoms with van der Waals surface area (Å²) in [5.74, 6) is 0. The standard InChI is InChI=1S/C6H6BNO4S/c9-7(10)5-3-1-2-4-6(5)8-13(11)12/h1-4,9-10H. The lowest BCUT2D eigenvalue weighted by Gasteiger charge is -2.00. The van der Waals surface area contributed by atoms with E-state index in [0.29, 0.717) is 0 Å². The van der Waals surface area contributed by atoms with Crippen molar-refractivity contribution >= 4 is 28.8 Å². The molecule has 68 valence electrons. The molecule has 0 saturated heterocycles. The predicted molar refractivity (Wildman–Crippen MR) is 47.3 cm³/mol. The second-order valence-electron chi connectivity index (χ2n) is 2.24. The van der Waals surface area contributed by atoms with Gasteiger partial charge in [-0.25, -0.2) is 0 Å². The highest BCUT2D eigenvalue weighted by Gasteiger charge is 2.14. The van der Waals surface area contributed by atoms with Crippen LogP contribution in [0.4, 0.5) is 5.69 Å². The van der Waals surface area contributed by atoms with Crippen molar-refractivity contribution in [1.29, 1.82) is 0 Å². The molecule has 0 fully saturated rings. The largest absolute Gasteiger partial charge is 0.490 e. The molecule has 7 heteroatoms. The molecule has 0 amide bonds. The molecule has 1 aromatic rings. The van der Waals surface area contributed by atoms with Crippen LogP contribution in [-0.2, 0) is 10.5 Å². The molecule has 0 aliphatic carbocycles. The Balaban J connectivity index is 3.28. The van der Waals surface area contributed by atoms with Crippen molar-refractivity contribution in [2.24, 2.45) is 4.36 Å². The van der Waals surface area contributed by atoms with Gasteiger partial charge in [0.15, 0.2) is 0 Å². The maximum absolute atomic E-state index is 10.2. The van der Waals surface area contributed by atoms with Crippen LogP contribution in [-0.4, -0.2) is 25.6 Å². The molecule has 1 aromatic carbocycles. The van der Waals surface area contributed by atoms with E-state index in [-0.39, 0.29) is 11.2 Å². The van der Waals surface area contributed by atoms with Crippen LogP contribution in [0.3, 0.4) is 0 Å². The van der Waals surface area contributed by atoms with Gasteiger partial charge in [0, 0.05) is 5.46 Å². The Labute approximate surface area is 76.5 Å². The Hall–Kier alpha value is -1.18. The van der Waals surface area contributed by atoms with Crippen LogP contribution in [0.15, 0.2) is 28.6 Å². The highest BCUT2D eigenvalue weighted by atomic mass is 32.2. The van der Waals surface area contributed by atoms with Crippen LogP contribution in [0.5, 0.6) is 0 Å². The maximum Gasteiger partial charge on any atom is 0.490 e. The van der Waals surface area contributed by atoms with Crippen LogP contribution in [0, 0.1) is 0 Å². The number of benzene rings is 1. The molecule has 1 rings (SSSR count). The molecule has 13 heavy (non-hydrogen) atoms. The SMILES string of the molecule is O=S(=O)=Nc1ccccc1B(O)O. The minimum atomic E-state index is -2.59. The van der Waals surface area contributed by atoms with Gasteiger partial charge in [0.1, 0.15) is 0 Å². The van der Waals surface area contributed by atoms with E-state index in [1.54, 1.807) is 12.1 Å². The first kappa shape index (κ1) is 9.91. The molecule has 0 aliphatic heterocycles. The first-order chi connectivity index (χ1) is 6.11. The lowest BCUT2D eigenvalue weighted by molar-refractivity contribution is 0.426. The van der Waals surface area contributed by atoms with E-state index in [0.717, 1.165) is 0 Å². The summed E-state index contributed by atoms with van der Waals surface area (Å²) in [6.45, 7) is 0. The van der Waals surface area contributed by atoms with Gasteiger partial charge in [-0.15, -0.1) is 4.36 Å². The fraction of sp³-hybridized carbons (Fsp3) is 0. The molecule has 0 bridgehead atoms. The Bertz CT molecular complexity index is 420. The van der Waals surface area contributed by atoms with Gasteiger partial charge in [-0.2, -0.15) is 8.42 Å². The monoisotopic (exact) mass is 199 g/mol. The summed E-state index contributed by atoms with van der Waals surface area (Å²) < 4.78 is 23.6. The van der Waals surface area contributed by atoms with E-state index < -0.39 is 17.6 Å². The van der Waals surface area contributed by atoms with Gasteiger partial charge in [0.05, 0.1) is 5.69 Å². The molecule has 5 nitrogen and oxygen atoms in total. The highest BCUT2D eigenvalue weighted by Crippen LogP contribution is 2.07. The quantitative estimate of drug-likeness (QED) is 0.601. The van der Waals surface area contributed by atoms with Crippen molar-refractivity contribution in [2.45, 2.75) is 0 Å². The molecule has 0 saturated carbocycles. The molecule has 0 atom stereocenters. The summed E-state index contributed by atoms with van der Waals surface area (Å²) in [7, 11) is -4.31. The number of hydrogen-bond donors (Lipinski definition) is 2. The van der Waals surface area contributed by atoms with E-state index in [1.165, 1.54) is 12.1 Å². The molecule has 0 spiro atoms. The van der Waals surface area contributed by atoms with Crippen LogP contribution < -0.4 is 5.46 Å². The van der Waals surface area contributed by atoms with Crippen molar-refractivity contribution in [2.75, 3.05) is 0 Å². The first-order valence-electron chi connectivity index (χ1n) is 3.37. The molecule has 0 aromatic heterocycles. The van der Waals surface area contributed by atoms with Gasteiger partial charge in [-0.3, -0.25) is 0 Å². The van der Waals surface area contributed by atoms with Gasteiger partial charge in [0.2, 0.25) is 0 Å². The molecular formula is C6H6BNO4S. The zero-order valence-corrected chi connectivity index (χ0v) is 7.27. The predicted octanol–water partition coefficient (Wildman–Crippen LogP) is -0.939. The molecule has 0 aliphatic rings. The van der Waals surface area contributed by atoms with Crippen molar-refractivity contribution in [3.8, 4) is 0 Å². The Morgan fingerprint density at radius 1 is 1.23 bits per heavy atom. The lowest BCUT2D eigenvalue weighted by atomic mass is 9.79. The third-order valence-corrected chi connectivity index (χ3v) is 1.73. The summed E-state index contributed by atoms with van der Waals surface area (Å²) in [5, 5.41) is 17.6.